The van der Waals surface area contributed by atoms with Crippen LogP contribution in [0.4, 0.5) is 5.69 Å². The highest BCUT2D eigenvalue weighted by atomic mass is 16.2. The summed E-state index contributed by atoms with van der Waals surface area (Å²) >= 11 is 0. The van der Waals surface area contributed by atoms with Crippen LogP contribution in [0.15, 0.2) is 58.1 Å². The summed E-state index contributed by atoms with van der Waals surface area (Å²) in [6.07, 6.45) is 2.47. The molecule has 0 radical (unpaired) electrons. The fraction of sp³-hybridized carbons (Fsp3) is 0.348. The van der Waals surface area contributed by atoms with Crippen LogP contribution in [0.5, 0.6) is 0 Å². The van der Waals surface area contributed by atoms with E-state index >= 15 is 0 Å². The minimum Gasteiger partial charge on any atom is -0.325 e. The molecule has 0 saturated carbocycles. The third kappa shape index (κ3) is 4.07. The normalized spacial score (nSPS) is 14.3. The molecule has 7 nitrogen and oxygen atoms in total. The number of aromatic nitrogens is 2. The van der Waals surface area contributed by atoms with Gasteiger partial charge in [-0.25, -0.2) is 4.79 Å². The minimum atomic E-state index is -0.473. The van der Waals surface area contributed by atoms with E-state index in [0.717, 1.165) is 29.8 Å². The van der Waals surface area contributed by atoms with Crippen molar-refractivity contribution in [2.24, 2.45) is 0 Å². The molecular formula is C23H26N4O3. The van der Waals surface area contributed by atoms with Gasteiger partial charge in [-0.1, -0.05) is 24.3 Å². The molecule has 1 N–H and O–H groups in total. The predicted molar refractivity (Wildman–Crippen MR) is 118 cm³/mol. The number of nitrogens with zero attached hydrogens (tertiary/aromatic N) is 3. The highest BCUT2D eigenvalue weighted by molar-refractivity contribution is 5.91. The van der Waals surface area contributed by atoms with Crippen molar-refractivity contribution in [1.82, 2.24) is 14.0 Å². The lowest BCUT2D eigenvalue weighted by Crippen LogP contribution is -2.41. The van der Waals surface area contributed by atoms with Gasteiger partial charge in [-0.2, -0.15) is 0 Å². The number of nitrogens with one attached hydrogen (secondary N) is 1. The van der Waals surface area contributed by atoms with Gasteiger partial charge in [0.1, 0.15) is 6.54 Å². The second-order valence-corrected chi connectivity index (χ2v) is 7.67. The van der Waals surface area contributed by atoms with Crippen molar-refractivity contribution in [3.05, 3.63) is 74.9 Å². The number of carbonyl (C=O) groups excluding carboxylic acids is 1. The Labute approximate surface area is 174 Å². The fourth-order valence-electron chi connectivity index (χ4n) is 4.09. The molecule has 0 bridgehead atoms. The average molecular weight is 406 g/mol. The van der Waals surface area contributed by atoms with Crippen molar-refractivity contribution < 1.29 is 4.79 Å². The Balaban J connectivity index is 1.57. The van der Waals surface area contributed by atoms with E-state index in [-0.39, 0.29) is 24.6 Å². The summed E-state index contributed by atoms with van der Waals surface area (Å²) in [5.41, 5.74) is 1.52. The molecule has 1 saturated heterocycles. The smallest absolute Gasteiger partial charge is 0.325 e. The van der Waals surface area contributed by atoms with E-state index in [4.69, 9.17) is 0 Å². The maximum absolute atomic E-state index is 12.8. The molecule has 0 aliphatic carbocycles. The van der Waals surface area contributed by atoms with E-state index in [1.165, 1.54) is 17.4 Å². The zero-order valence-electron chi connectivity index (χ0n) is 17.1. The number of benzene rings is 2. The van der Waals surface area contributed by atoms with E-state index in [1.54, 1.807) is 31.2 Å². The number of anilines is 1. The number of para-hydroxylation sites is 1. The van der Waals surface area contributed by atoms with E-state index < -0.39 is 5.69 Å². The van der Waals surface area contributed by atoms with Crippen LogP contribution in [0.2, 0.25) is 0 Å². The molecule has 156 valence electrons. The van der Waals surface area contributed by atoms with Gasteiger partial charge in [0.2, 0.25) is 5.91 Å². The standard InChI is InChI=1S/C23H26N4O3/c1-2-26-22(29)19-10-3-4-11-20(19)27(23(26)30)16-21(28)24-18-9-7-8-17(14-18)15-25-12-5-6-13-25/h3-4,7-11,14H,2,5-6,12-13,15-16H2,1H3,(H,24,28). The van der Waals surface area contributed by atoms with Crippen LogP contribution in [0.1, 0.15) is 25.3 Å². The topological polar surface area (TPSA) is 76.3 Å². The lowest BCUT2D eigenvalue weighted by atomic mass is 10.2. The number of fused-ring (bicyclic) bond motifs is 1. The highest BCUT2D eigenvalue weighted by Crippen LogP contribution is 2.16. The summed E-state index contributed by atoms with van der Waals surface area (Å²) in [7, 11) is 0. The summed E-state index contributed by atoms with van der Waals surface area (Å²) in [6.45, 7) is 4.93. The number of amides is 1. The molecule has 1 aliphatic rings. The van der Waals surface area contributed by atoms with E-state index in [2.05, 4.69) is 16.3 Å². The Morgan fingerprint density at radius 1 is 1.00 bits per heavy atom. The van der Waals surface area contributed by atoms with E-state index in [9.17, 15) is 14.4 Å². The maximum Gasteiger partial charge on any atom is 0.331 e. The monoisotopic (exact) mass is 406 g/mol. The molecule has 4 rings (SSSR count). The van der Waals surface area contributed by atoms with Crippen molar-refractivity contribution in [1.29, 1.82) is 0 Å². The zero-order valence-corrected chi connectivity index (χ0v) is 17.1. The van der Waals surface area contributed by atoms with Crippen molar-refractivity contribution in [3.63, 3.8) is 0 Å². The summed E-state index contributed by atoms with van der Waals surface area (Å²) < 4.78 is 2.52. The molecule has 1 amide bonds. The molecule has 3 aromatic rings. The maximum atomic E-state index is 12.8. The first-order valence-corrected chi connectivity index (χ1v) is 10.4. The quantitative estimate of drug-likeness (QED) is 0.682. The lowest BCUT2D eigenvalue weighted by molar-refractivity contribution is -0.116. The van der Waals surface area contributed by atoms with Crippen molar-refractivity contribution in [3.8, 4) is 0 Å². The fourth-order valence-corrected chi connectivity index (χ4v) is 4.09. The van der Waals surface area contributed by atoms with E-state index in [0.29, 0.717) is 16.6 Å². The van der Waals surface area contributed by atoms with Crippen molar-refractivity contribution in [2.75, 3.05) is 18.4 Å². The van der Waals surface area contributed by atoms with Gasteiger partial charge in [0.25, 0.3) is 5.56 Å². The van der Waals surface area contributed by atoms with Gasteiger partial charge < -0.3 is 5.32 Å². The Bertz CT molecular complexity index is 1190. The molecule has 7 heteroatoms. The Morgan fingerprint density at radius 3 is 2.53 bits per heavy atom. The first-order chi connectivity index (χ1) is 14.6. The molecule has 2 heterocycles. The van der Waals surface area contributed by atoms with Crippen LogP contribution in [0.3, 0.4) is 0 Å². The van der Waals surface area contributed by atoms with Crippen molar-refractivity contribution in [2.45, 2.75) is 39.4 Å². The van der Waals surface area contributed by atoms with Gasteiger partial charge in [-0.05, 0) is 62.7 Å². The molecular weight excluding hydrogens is 380 g/mol. The molecule has 1 aliphatic heterocycles. The van der Waals surface area contributed by atoms with Crippen LogP contribution >= 0.6 is 0 Å². The predicted octanol–water partition coefficient (Wildman–Crippen LogP) is 2.42. The van der Waals surface area contributed by atoms with Gasteiger partial charge in [0, 0.05) is 18.8 Å². The van der Waals surface area contributed by atoms with Crippen LogP contribution < -0.4 is 16.6 Å². The number of carbonyl (C=O) groups is 1. The van der Waals surface area contributed by atoms with Gasteiger partial charge >= 0.3 is 5.69 Å². The molecule has 1 fully saturated rings. The number of likely N-dealkylation sites (tertiary alicyclic amines) is 1. The number of rotatable bonds is 6. The molecule has 0 unspecified atom stereocenters. The second-order valence-electron chi connectivity index (χ2n) is 7.67. The lowest BCUT2D eigenvalue weighted by Gasteiger charge is -2.16. The molecule has 2 aromatic carbocycles. The van der Waals surface area contributed by atoms with Crippen LogP contribution in [0.25, 0.3) is 10.9 Å². The van der Waals surface area contributed by atoms with Crippen LogP contribution in [-0.2, 0) is 24.4 Å². The zero-order chi connectivity index (χ0) is 21.1. The number of hydrogen-bond donors (Lipinski definition) is 1. The summed E-state index contributed by atoms with van der Waals surface area (Å²) in [4.78, 5) is 40.5. The second kappa shape index (κ2) is 8.67. The molecule has 1 aromatic heterocycles. The van der Waals surface area contributed by atoms with Crippen LogP contribution in [0, 0.1) is 0 Å². The Morgan fingerprint density at radius 2 is 1.77 bits per heavy atom. The highest BCUT2D eigenvalue weighted by Gasteiger charge is 2.15. The first kappa shape index (κ1) is 20.1. The van der Waals surface area contributed by atoms with Gasteiger partial charge in [-0.15, -0.1) is 0 Å². The largest absolute Gasteiger partial charge is 0.331 e. The number of hydrogen-bond acceptors (Lipinski definition) is 4. The third-order valence-electron chi connectivity index (χ3n) is 5.57. The first-order valence-electron chi connectivity index (χ1n) is 10.4. The van der Waals surface area contributed by atoms with Gasteiger partial charge in [0.15, 0.2) is 0 Å². The van der Waals surface area contributed by atoms with Gasteiger partial charge in [-0.3, -0.25) is 23.6 Å². The Hall–Kier alpha value is -3.19. The average Bonchev–Trinajstić information content (AvgIpc) is 3.25. The molecule has 0 spiro atoms. The van der Waals surface area contributed by atoms with Gasteiger partial charge in [0.05, 0.1) is 10.9 Å². The Kier molecular flexibility index (Phi) is 5.81. The summed E-state index contributed by atoms with van der Waals surface area (Å²) in [5.74, 6) is -0.304. The third-order valence-corrected chi connectivity index (χ3v) is 5.57. The SMILES string of the molecule is CCn1c(=O)c2ccccc2n(CC(=O)Nc2cccc(CN3CCCC3)c2)c1=O. The minimum absolute atomic E-state index is 0.157. The molecule has 30 heavy (non-hydrogen) atoms. The molecule has 0 atom stereocenters. The summed E-state index contributed by atoms with van der Waals surface area (Å²) in [6, 6.07) is 14.7. The van der Waals surface area contributed by atoms with Crippen LogP contribution in [-0.4, -0.2) is 33.0 Å². The van der Waals surface area contributed by atoms with E-state index in [1.807, 2.05) is 18.2 Å². The summed E-state index contributed by atoms with van der Waals surface area (Å²) in [5, 5.41) is 3.33. The van der Waals surface area contributed by atoms with Crippen molar-refractivity contribution >= 4 is 22.5 Å².